The molecule has 3 aromatic rings. The van der Waals surface area contributed by atoms with Gasteiger partial charge in [0.15, 0.2) is 0 Å². The third kappa shape index (κ3) is 7.63. The monoisotopic (exact) mass is 636 g/mol. The average Bonchev–Trinajstić information content (AvgIpc) is 3.37. The van der Waals surface area contributed by atoms with Crippen LogP contribution in [0.15, 0.2) is 65.0 Å². The summed E-state index contributed by atoms with van der Waals surface area (Å²) in [6.07, 6.45) is 6.05. The summed E-state index contributed by atoms with van der Waals surface area (Å²) in [6.45, 7) is 9.95. The maximum absolute atomic E-state index is 13.5. The number of nitrogens with zero attached hydrogens (tertiary/aromatic N) is 3. The van der Waals surface area contributed by atoms with Gasteiger partial charge in [0.1, 0.15) is 0 Å². The number of hydrogen-bond acceptors (Lipinski definition) is 6. The van der Waals surface area contributed by atoms with Crippen molar-refractivity contribution in [2.24, 2.45) is 22.6 Å². The molecule has 242 valence electrons. The van der Waals surface area contributed by atoms with Crippen molar-refractivity contribution < 1.29 is 23.1 Å². The summed E-state index contributed by atoms with van der Waals surface area (Å²) in [4.78, 5) is 35.5. The predicted molar refractivity (Wildman–Crippen MR) is 172 cm³/mol. The highest BCUT2D eigenvalue weighted by atomic mass is 32.2. The number of sulfonamides is 1. The van der Waals surface area contributed by atoms with E-state index >= 15 is 0 Å². The molecule has 12 heteroatoms. The van der Waals surface area contributed by atoms with Gasteiger partial charge in [0.25, 0.3) is 5.91 Å². The van der Waals surface area contributed by atoms with E-state index in [1.807, 2.05) is 19.9 Å². The Kier molecular flexibility index (Phi) is 9.78. The summed E-state index contributed by atoms with van der Waals surface area (Å²) < 4.78 is 29.8. The number of carbonyl (C=O) groups is 2. The van der Waals surface area contributed by atoms with Crippen molar-refractivity contribution in [1.82, 2.24) is 19.2 Å². The number of imidazole rings is 1. The van der Waals surface area contributed by atoms with Crippen LogP contribution in [0.3, 0.4) is 0 Å². The molecule has 0 bridgehead atoms. The Morgan fingerprint density at radius 3 is 2.47 bits per heavy atom. The maximum atomic E-state index is 13.5. The quantitative estimate of drug-likeness (QED) is 0.249. The number of aromatic nitrogens is 2. The van der Waals surface area contributed by atoms with E-state index in [9.17, 15) is 23.1 Å². The summed E-state index contributed by atoms with van der Waals surface area (Å²) >= 11 is 0. The van der Waals surface area contributed by atoms with Crippen LogP contribution in [-0.4, -0.2) is 65.0 Å². The molecule has 2 amide bonds. The minimum Gasteiger partial charge on any atom is -0.390 e. The molecule has 0 spiro atoms. The molecule has 2 heterocycles. The second-order valence-electron chi connectivity index (χ2n) is 12.9. The molecule has 1 aromatic heterocycles. The normalized spacial score (nSPS) is 20.8. The molecule has 1 saturated carbocycles. The summed E-state index contributed by atoms with van der Waals surface area (Å²) in [6, 6.07) is 12.0. The third-order valence-corrected chi connectivity index (χ3v) is 10.7. The summed E-state index contributed by atoms with van der Waals surface area (Å²) in [5.74, 6) is -0.748. The van der Waals surface area contributed by atoms with Gasteiger partial charge < -0.3 is 20.4 Å². The standard InChI is InChI=1S/C33H44N6O5S/c1-4-16-35-45(43,44)27-7-5-6-24(20-27)31(41)37-32-36-28-13-8-22(21-38-17-14-25(15-18-38)33(2,3)42)19-29(28)39(32)26-11-9-23(10-12-26)30(34)40/h4-8,13,19-20,23,25-26,35,42H,1,9-12,14-18,21H2,2-3H3,(H2,34,40)(H,36,37,41)/t23-,26-. The van der Waals surface area contributed by atoms with Crippen molar-refractivity contribution in [2.75, 3.05) is 19.6 Å². The van der Waals surface area contributed by atoms with Gasteiger partial charge in [-0.05, 0) is 107 Å². The number of likely N-dealkylation sites (tertiary alicyclic amines) is 1. The number of nitrogens with one attached hydrogen (secondary N) is 2. The van der Waals surface area contributed by atoms with Crippen LogP contribution in [-0.2, 0) is 21.4 Å². The Hall–Kier alpha value is -3.58. The molecule has 1 saturated heterocycles. The molecule has 45 heavy (non-hydrogen) atoms. The van der Waals surface area contributed by atoms with Gasteiger partial charge in [0.05, 0.1) is 21.5 Å². The van der Waals surface area contributed by atoms with Crippen LogP contribution in [0.5, 0.6) is 0 Å². The molecule has 11 nitrogen and oxygen atoms in total. The highest BCUT2D eigenvalue weighted by Gasteiger charge is 2.31. The minimum atomic E-state index is -3.82. The van der Waals surface area contributed by atoms with Crippen molar-refractivity contribution in [3.8, 4) is 0 Å². The number of amides is 2. The minimum absolute atomic E-state index is 0.00602. The number of fused-ring (bicyclic) bond motifs is 1. The molecule has 5 rings (SSSR count). The van der Waals surface area contributed by atoms with E-state index in [0.717, 1.165) is 49.1 Å². The number of piperidine rings is 1. The van der Waals surface area contributed by atoms with E-state index in [0.29, 0.717) is 31.3 Å². The SMILES string of the molecule is C=CCNS(=O)(=O)c1cccc(C(=O)N=c2[nH]c3ccc(CN4CCC(C(C)(C)O)CC4)cc3n2[C@H]2CC[C@H](C(N)=O)CC2)c1. The van der Waals surface area contributed by atoms with Gasteiger partial charge in [-0.1, -0.05) is 18.2 Å². The van der Waals surface area contributed by atoms with Gasteiger partial charge >= 0.3 is 0 Å². The van der Waals surface area contributed by atoms with E-state index in [1.54, 1.807) is 6.07 Å². The van der Waals surface area contributed by atoms with Gasteiger partial charge in [0, 0.05) is 30.6 Å². The largest absolute Gasteiger partial charge is 0.390 e. The number of carbonyl (C=O) groups excluding carboxylic acids is 2. The Labute approximate surface area is 264 Å². The van der Waals surface area contributed by atoms with Gasteiger partial charge in [-0.2, -0.15) is 4.99 Å². The molecule has 2 aliphatic rings. The molecular weight excluding hydrogens is 592 g/mol. The fraction of sp³-hybridized carbons (Fsp3) is 0.485. The fourth-order valence-corrected chi connectivity index (χ4v) is 7.65. The lowest BCUT2D eigenvalue weighted by Gasteiger charge is -2.37. The lowest BCUT2D eigenvalue weighted by molar-refractivity contribution is -0.122. The van der Waals surface area contributed by atoms with Crippen molar-refractivity contribution in [2.45, 2.75) is 75.5 Å². The topological polar surface area (TPSA) is 163 Å². The number of benzene rings is 2. The van der Waals surface area contributed by atoms with Crippen molar-refractivity contribution in [3.63, 3.8) is 0 Å². The average molecular weight is 637 g/mol. The van der Waals surface area contributed by atoms with E-state index in [4.69, 9.17) is 5.73 Å². The molecule has 1 aliphatic carbocycles. The van der Waals surface area contributed by atoms with E-state index in [-0.39, 0.29) is 40.8 Å². The Morgan fingerprint density at radius 2 is 1.82 bits per heavy atom. The second kappa shape index (κ2) is 13.4. The number of H-pyrrole nitrogens is 1. The Bertz CT molecular complexity index is 1740. The zero-order valence-electron chi connectivity index (χ0n) is 26.0. The first kappa shape index (κ1) is 32.8. The lowest BCUT2D eigenvalue weighted by Crippen LogP contribution is -2.41. The smallest absolute Gasteiger partial charge is 0.280 e. The number of rotatable bonds is 10. The summed E-state index contributed by atoms with van der Waals surface area (Å²) in [5, 5.41) is 10.4. The first-order valence-electron chi connectivity index (χ1n) is 15.6. The zero-order valence-corrected chi connectivity index (χ0v) is 26.9. The van der Waals surface area contributed by atoms with Crippen LogP contribution in [0.4, 0.5) is 0 Å². The highest BCUT2D eigenvalue weighted by Crippen LogP contribution is 2.34. The first-order chi connectivity index (χ1) is 21.4. The van der Waals surface area contributed by atoms with Crippen molar-refractivity contribution >= 4 is 32.9 Å². The van der Waals surface area contributed by atoms with Crippen LogP contribution >= 0.6 is 0 Å². The summed E-state index contributed by atoms with van der Waals surface area (Å²) in [7, 11) is -3.82. The molecule has 0 unspecified atom stereocenters. The number of aromatic amines is 1. The molecular formula is C33H44N6O5S. The van der Waals surface area contributed by atoms with Crippen LogP contribution in [0.2, 0.25) is 0 Å². The predicted octanol–water partition coefficient (Wildman–Crippen LogP) is 3.37. The molecule has 1 aliphatic heterocycles. The molecule has 5 N–H and O–H groups in total. The Morgan fingerprint density at radius 1 is 1.11 bits per heavy atom. The first-order valence-corrected chi connectivity index (χ1v) is 17.1. The number of hydrogen-bond donors (Lipinski definition) is 4. The van der Waals surface area contributed by atoms with E-state index in [2.05, 4.69) is 42.9 Å². The maximum Gasteiger partial charge on any atom is 0.280 e. The molecule has 0 radical (unpaired) electrons. The van der Waals surface area contributed by atoms with Gasteiger partial charge in [-0.25, -0.2) is 13.1 Å². The van der Waals surface area contributed by atoms with Gasteiger partial charge in [-0.3, -0.25) is 14.5 Å². The molecule has 0 atom stereocenters. The van der Waals surface area contributed by atoms with Gasteiger partial charge in [-0.15, -0.1) is 6.58 Å². The number of aliphatic hydroxyl groups is 1. The van der Waals surface area contributed by atoms with Crippen LogP contribution in [0.25, 0.3) is 11.0 Å². The summed E-state index contributed by atoms with van der Waals surface area (Å²) in [5.41, 5.74) is 8.32. The molecule has 2 aromatic carbocycles. The highest BCUT2D eigenvalue weighted by molar-refractivity contribution is 7.89. The van der Waals surface area contributed by atoms with E-state index < -0.39 is 21.5 Å². The van der Waals surface area contributed by atoms with Crippen molar-refractivity contribution in [1.29, 1.82) is 0 Å². The fourth-order valence-electron chi connectivity index (χ4n) is 6.61. The van der Waals surface area contributed by atoms with Crippen LogP contribution < -0.4 is 16.1 Å². The number of primary amides is 1. The number of nitrogens with two attached hydrogens (primary N) is 1. The van der Waals surface area contributed by atoms with Gasteiger partial charge in [0.2, 0.25) is 21.5 Å². The zero-order chi connectivity index (χ0) is 32.4. The van der Waals surface area contributed by atoms with Crippen LogP contribution in [0.1, 0.15) is 74.3 Å². The Balaban J connectivity index is 1.48. The second-order valence-corrected chi connectivity index (χ2v) is 14.6. The lowest BCUT2D eigenvalue weighted by atomic mass is 9.83. The van der Waals surface area contributed by atoms with E-state index in [1.165, 1.54) is 24.3 Å². The van der Waals surface area contributed by atoms with Crippen molar-refractivity contribution in [3.05, 3.63) is 71.9 Å². The van der Waals surface area contributed by atoms with Crippen LogP contribution in [0, 0.1) is 11.8 Å². The molecule has 2 fully saturated rings. The third-order valence-electron chi connectivity index (χ3n) is 9.27.